The Morgan fingerprint density at radius 3 is 2.45 bits per heavy atom. The van der Waals surface area contributed by atoms with Crippen molar-refractivity contribution in [1.29, 1.82) is 5.26 Å². The van der Waals surface area contributed by atoms with Crippen molar-refractivity contribution in [1.82, 2.24) is 5.32 Å². The van der Waals surface area contributed by atoms with E-state index in [9.17, 15) is 13.2 Å². The molecule has 108 valence electrons. The van der Waals surface area contributed by atoms with Gasteiger partial charge in [0, 0.05) is 6.04 Å². The number of rotatable bonds is 6. The van der Waals surface area contributed by atoms with E-state index in [-0.39, 0.29) is 11.8 Å². The number of hydrogen-bond donors (Lipinski definition) is 1. The second-order valence-corrected chi connectivity index (χ2v) is 6.78. The van der Waals surface area contributed by atoms with E-state index >= 15 is 0 Å². The van der Waals surface area contributed by atoms with Gasteiger partial charge in [-0.3, -0.25) is 4.79 Å². The van der Waals surface area contributed by atoms with E-state index in [2.05, 4.69) is 5.32 Å². The number of nitrogens with one attached hydrogen (secondary N) is 1. The molecule has 0 saturated carbocycles. The number of carbonyl (C=O) groups is 1. The lowest BCUT2D eigenvalue weighted by atomic mass is 10.2. The first-order valence-electron chi connectivity index (χ1n) is 6.35. The molecule has 0 aliphatic carbocycles. The molecule has 1 aromatic carbocycles. The quantitative estimate of drug-likeness (QED) is 0.858. The maximum atomic E-state index is 11.9. The van der Waals surface area contributed by atoms with Crippen LogP contribution >= 0.6 is 0 Å². The van der Waals surface area contributed by atoms with Crippen molar-refractivity contribution in [2.24, 2.45) is 0 Å². The van der Waals surface area contributed by atoms with E-state index in [4.69, 9.17) is 5.26 Å². The van der Waals surface area contributed by atoms with Gasteiger partial charge in [0.05, 0.1) is 17.4 Å². The molecule has 0 spiro atoms. The Balaban J connectivity index is 2.65. The van der Waals surface area contributed by atoms with Crippen LogP contribution in [0.4, 0.5) is 0 Å². The molecule has 20 heavy (non-hydrogen) atoms. The molecule has 0 fully saturated rings. The van der Waals surface area contributed by atoms with Crippen molar-refractivity contribution in [2.75, 3.05) is 5.75 Å². The summed E-state index contributed by atoms with van der Waals surface area (Å²) >= 11 is 0. The number of nitriles is 1. The van der Waals surface area contributed by atoms with Gasteiger partial charge in [-0.25, -0.2) is 8.42 Å². The predicted molar refractivity (Wildman–Crippen MR) is 76.5 cm³/mol. The van der Waals surface area contributed by atoms with E-state index in [1.807, 2.05) is 19.9 Å². The maximum Gasteiger partial charge on any atom is 0.235 e. The molecule has 0 radical (unpaired) electrons. The van der Waals surface area contributed by atoms with Crippen molar-refractivity contribution < 1.29 is 13.2 Å². The highest BCUT2D eigenvalue weighted by molar-refractivity contribution is 7.91. The molecule has 1 rings (SSSR count). The molecule has 0 aliphatic heterocycles. The van der Waals surface area contributed by atoms with E-state index in [1.54, 1.807) is 24.3 Å². The molecule has 0 saturated heterocycles. The molecular formula is C14H18N2O3S. The second-order valence-electron chi connectivity index (χ2n) is 4.72. The third-order valence-corrected chi connectivity index (χ3v) is 4.32. The Morgan fingerprint density at radius 2 is 1.95 bits per heavy atom. The molecule has 1 N–H and O–H groups in total. The monoisotopic (exact) mass is 294 g/mol. The Hall–Kier alpha value is -1.87. The molecular weight excluding hydrogens is 276 g/mol. The van der Waals surface area contributed by atoms with E-state index in [0.29, 0.717) is 11.1 Å². The van der Waals surface area contributed by atoms with Gasteiger partial charge in [-0.15, -0.1) is 0 Å². The lowest BCUT2D eigenvalue weighted by Gasteiger charge is -2.11. The van der Waals surface area contributed by atoms with Crippen LogP contribution in [0.1, 0.15) is 31.4 Å². The molecule has 0 heterocycles. The smallest absolute Gasteiger partial charge is 0.235 e. The fourth-order valence-corrected chi connectivity index (χ4v) is 2.88. The summed E-state index contributed by atoms with van der Waals surface area (Å²) in [6.07, 6.45) is 0.751. The summed E-state index contributed by atoms with van der Waals surface area (Å²) in [6, 6.07) is 8.22. The summed E-state index contributed by atoms with van der Waals surface area (Å²) in [6.45, 7) is 3.74. The number of sulfone groups is 1. The van der Waals surface area contributed by atoms with Crippen molar-refractivity contribution in [3.05, 3.63) is 35.4 Å². The first kappa shape index (κ1) is 16.2. The molecule has 1 atom stereocenters. The highest BCUT2D eigenvalue weighted by Crippen LogP contribution is 2.08. The number of nitrogens with zero attached hydrogens (tertiary/aromatic N) is 1. The molecule has 5 nitrogen and oxygen atoms in total. The first-order chi connectivity index (χ1) is 9.36. The summed E-state index contributed by atoms with van der Waals surface area (Å²) in [5.74, 6) is -1.20. The Bertz CT molecular complexity index is 600. The largest absolute Gasteiger partial charge is 0.353 e. The van der Waals surface area contributed by atoms with Crippen LogP contribution in [0.15, 0.2) is 24.3 Å². The van der Waals surface area contributed by atoms with Gasteiger partial charge in [0.2, 0.25) is 5.91 Å². The van der Waals surface area contributed by atoms with Crippen LogP contribution in [0, 0.1) is 11.3 Å². The molecule has 1 amide bonds. The molecule has 0 aromatic heterocycles. The van der Waals surface area contributed by atoms with Gasteiger partial charge in [0.1, 0.15) is 5.75 Å². The van der Waals surface area contributed by atoms with Crippen molar-refractivity contribution >= 4 is 15.7 Å². The summed E-state index contributed by atoms with van der Waals surface area (Å²) in [7, 11) is -3.50. The fourth-order valence-electron chi connectivity index (χ4n) is 1.60. The van der Waals surface area contributed by atoms with Gasteiger partial charge in [-0.2, -0.15) is 5.26 Å². The van der Waals surface area contributed by atoms with Crippen LogP contribution in [0.5, 0.6) is 0 Å². The van der Waals surface area contributed by atoms with Crippen LogP contribution in [0.25, 0.3) is 0 Å². The Morgan fingerprint density at radius 1 is 1.35 bits per heavy atom. The normalized spacial score (nSPS) is 12.4. The summed E-state index contributed by atoms with van der Waals surface area (Å²) in [5, 5.41) is 11.3. The van der Waals surface area contributed by atoms with Crippen LogP contribution in [-0.4, -0.2) is 26.1 Å². The van der Waals surface area contributed by atoms with Gasteiger partial charge in [-0.05, 0) is 31.0 Å². The highest BCUT2D eigenvalue weighted by atomic mass is 32.2. The molecule has 6 heteroatoms. The summed E-state index contributed by atoms with van der Waals surface area (Å²) in [4.78, 5) is 11.6. The minimum absolute atomic E-state index is 0.0346. The SMILES string of the molecule is CCC(C)NC(=O)CS(=O)(=O)Cc1ccc(C#N)cc1. The topological polar surface area (TPSA) is 87.0 Å². The van der Waals surface area contributed by atoms with Gasteiger partial charge in [0.15, 0.2) is 9.84 Å². The average molecular weight is 294 g/mol. The third kappa shape index (κ3) is 5.41. The first-order valence-corrected chi connectivity index (χ1v) is 8.17. The summed E-state index contributed by atoms with van der Waals surface area (Å²) < 4.78 is 23.8. The van der Waals surface area contributed by atoms with Crippen LogP contribution in [-0.2, 0) is 20.4 Å². The van der Waals surface area contributed by atoms with Crippen LogP contribution < -0.4 is 5.32 Å². The Kier molecular flexibility index (Phi) is 5.71. The van der Waals surface area contributed by atoms with Crippen molar-refractivity contribution in [2.45, 2.75) is 32.1 Å². The van der Waals surface area contributed by atoms with E-state index in [1.165, 1.54) is 0 Å². The second kappa shape index (κ2) is 7.06. The Labute approximate surface area is 119 Å². The number of amides is 1. The minimum Gasteiger partial charge on any atom is -0.353 e. The van der Waals surface area contributed by atoms with E-state index < -0.39 is 21.5 Å². The zero-order valence-electron chi connectivity index (χ0n) is 11.6. The van der Waals surface area contributed by atoms with Gasteiger partial charge in [0.25, 0.3) is 0 Å². The van der Waals surface area contributed by atoms with Crippen molar-refractivity contribution in [3.8, 4) is 6.07 Å². The maximum absolute atomic E-state index is 11.9. The van der Waals surface area contributed by atoms with Crippen LogP contribution in [0.2, 0.25) is 0 Å². The molecule has 0 bridgehead atoms. The van der Waals surface area contributed by atoms with Crippen LogP contribution in [0.3, 0.4) is 0 Å². The zero-order valence-corrected chi connectivity index (χ0v) is 12.4. The zero-order chi connectivity index (χ0) is 15.2. The lowest BCUT2D eigenvalue weighted by molar-refractivity contribution is -0.119. The van der Waals surface area contributed by atoms with Gasteiger partial charge < -0.3 is 5.32 Å². The predicted octanol–water partition coefficient (Wildman–Crippen LogP) is 1.39. The number of hydrogen-bond acceptors (Lipinski definition) is 4. The van der Waals surface area contributed by atoms with Gasteiger partial charge in [-0.1, -0.05) is 19.1 Å². The standard InChI is InChI=1S/C14H18N2O3S/c1-3-11(2)16-14(17)10-20(18,19)9-13-6-4-12(8-15)5-7-13/h4-7,11H,3,9-10H2,1-2H3,(H,16,17). The molecule has 1 unspecified atom stereocenters. The fraction of sp³-hybridized carbons (Fsp3) is 0.429. The number of benzene rings is 1. The lowest BCUT2D eigenvalue weighted by Crippen LogP contribution is -2.36. The highest BCUT2D eigenvalue weighted by Gasteiger charge is 2.18. The third-order valence-electron chi connectivity index (χ3n) is 2.84. The van der Waals surface area contributed by atoms with Gasteiger partial charge >= 0.3 is 0 Å². The minimum atomic E-state index is -3.50. The summed E-state index contributed by atoms with van der Waals surface area (Å²) in [5.41, 5.74) is 1.04. The molecule has 1 aromatic rings. The molecule has 0 aliphatic rings. The number of carbonyl (C=O) groups excluding carboxylic acids is 1. The van der Waals surface area contributed by atoms with Crippen molar-refractivity contribution in [3.63, 3.8) is 0 Å². The van der Waals surface area contributed by atoms with E-state index in [0.717, 1.165) is 6.42 Å². The average Bonchev–Trinajstić information content (AvgIpc) is 2.38.